The molecule has 196 valence electrons. The summed E-state index contributed by atoms with van der Waals surface area (Å²) >= 11 is 9.06. The molecule has 38 heavy (non-hydrogen) atoms. The summed E-state index contributed by atoms with van der Waals surface area (Å²) in [5, 5.41) is 18.7. The third-order valence-electron chi connectivity index (χ3n) is 5.41. The molecule has 1 aromatic heterocycles. The summed E-state index contributed by atoms with van der Waals surface area (Å²) in [6.45, 7) is 2.46. The van der Waals surface area contributed by atoms with Crippen molar-refractivity contribution in [2.75, 3.05) is 11.9 Å². The molecular weight excluding hydrogens is 574 g/mol. The molecule has 0 spiro atoms. The molecule has 0 aliphatic heterocycles. The molecule has 0 aliphatic carbocycles. The van der Waals surface area contributed by atoms with Gasteiger partial charge in [-0.05, 0) is 61.1 Å². The van der Waals surface area contributed by atoms with Crippen LogP contribution in [-0.4, -0.2) is 31.8 Å². The fraction of sp³-hybridized carbons (Fsp3) is 0.192. The van der Waals surface area contributed by atoms with Gasteiger partial charge in [0, 0.05) is 4.47 Å². The van der Waals surface area contributed by atoms with Crippen LogP contribution in [0.4, 0.5) is 11.4 Å². The molecule has 12 heteroatoms. The highest BCUT2D eigenvalue weighted by Gasteiger charge is 2.19. The van der Waals surface area contributed by atoms with Crippen LogP contribution in [0.2, 0.25) is 0 Å². The number of nitro benzene ring substituents is 1. The molecule has 0 saturated carbocycles. The van der Waals surface area contributed by atoms with Gasteiger partial charge in [-0.15, -0.1) is 0 Å². The molecule has 1 N–H and O–H groups in total. The van der Waals surface area contributed by atoms with Gasteiger partial charge in [-0.2, -0.15) is 5.10 Å². The molecule has 0 atom stereocenters. The van der Waals surface area contributed by atoms with Gasteiger partial charge in [-0.3, -0.25) is 19.5 Å². The van der Waals surface area contributed by atoms with E-state index in [1.807, 2.05) is 54.6 Å². The number of ether oxygens (including phenoxy) is 2. The largest absolute Gasteiger partial charge is 0.494 e. The number of hydrogen-bond acceptors (Lipinski definition) is 7. The second-order valence-electron chi connectivity index (χ2n) is 8.09. The van der Waals surface area contributed by atoms with Crippen molar-refractivity contribution in [3.8, 4) is 11.5 Å². The predicted octanol–water partition coefficient (Wildman–Crippen LogP) is 5.75. The lowest BCUT2D eigenvalue weighted by molar-refractivity contribution is -0.384. The first-order valence-corrected chi connectivity index (χ1v) is 12.8. The van der Waals surface area contributed by atoms with Gasteiger partial charge in [0.2, 0.25) is 5.91 Å². The number of rotatable bonds is 11. The van der Waals surface area contributed by atoms with Gasteiger partial charge in [0.15, 0.2) is 10.6 Å². The van der Waals surface area contributed by atoms with Crippen molar-refractivity contribution in [1.29, 1.82) is 0 Å². The second kappa shape index (κ2) is 12.5. The summed E-state index contributed by atoms with van der Waals surface area (Å²) in [5.41, 5.74) is 0.783. The van der Waals surface area contributed by atoms with Crippen molar-refractivity contribution in [1.82, 2.24) is 14.3 Å². The second-order valence-corrected chi connectivity index (χ2v) is 9.37. The number of carbonyl (C=O) groups excluding carboxylic acids is 1. The Kier molecular flexibility index (Phi) is 8.87. The third-order valence-corrected chi connectivity index (χ3v) is 6.37. The number of amides is 1. The van der Waals surface area contributed by atoms with Gasteiger partial charge in [-0.25, -0.2) is 4.68 Å². The van der Waals surface area contributed by atoms with Crippen LogP contribution in [0.3, 0.4) is 0 Å². The number of carbonyl (C=O) groups is 1. The third kappa shape index (κ3) is 6.84. The smallest absolute Gasteiger partial charge is 0.296 e. The predicted molar refractivity (Wildman–Crippen MR) is 148 cm³/mol. The van der Waals surface area contributed by atoms with E-state index in [4.69, 9.17) is 21.7 Å². The zero-order valence-electron chi connectivity index (χ0n) is 20.4. The van der Waals surface area contributed by atoms with Gasteiger partial charge >= 0.3 is 0 Å². The molecule has 4 rings (SSSR count). The van der Waals surface area contributed by atoms with E-state index in [1.54, 1.807) is 17.6 Å². The van der Waals surface area contributed by atoms with Crippen LogP contribution >= 0.6 is 28.1 Å². The summed E-state index contributed by atoms with van der Waals surface area (Å²) in [7, 11) is 0. The molecule has 0 bridgehead atoms. The number of nitrogens with one attached hydrogen (secondary N) is 1. The van der Waals surface area contributed by atoms with Crippen molar-refractivity contribution in [2.45, 2.75) is 26.6 Å². The average molecular weight is 598 g/mol. The Bertz CT molecular complexity index is 1490. The normalized spacial score (nSPS) is 10.7. The van der Waals surface area contributed by atoms with Gasteiger partial charge in [0.1, 0.15) is 30.3 Å². The zero-order chi connectivity index (χ0) is 27.1. The maximum atomic E-state index is 12.9. The van der Waals surface area contributed by atoms with Crippen LogP contribution < -0.4 is 14.8 Å². The molecule has 0 aliphatic rings. The van der Waals surface area contributed by atoms with E-state index in [-0.39, 0.29) is 24.5 Å². The van der Waals surface area contributed by atoms with E-state index in [0.717, 1.165) is 10.0 Å². The quantitative estimate of drug-likeness (QED) is 0.133. The molecule has 10 nitrogen and oxygen atoms in total. The number of aromatic nitrogens is 3. The van der Waals surface area contributed by atoms with Crippen molar-refractivity contribution in [3.05, 3.63) is 104 Å². The Morgan fingerprint density at radius 2 is 1.79 bits per heavy atom. The summed E-state index contributed by atoms with van der Waals surface area (Å²) in [5.74, 6) is 1.01. The molecule has 1 heterocycles. The van der Waals surface area contributed by atoms with Crippen molar-refractivity contribution in [2.24, 2.45) is 0 Å². The highest BCUT2D eigenvalue weighted by molar-refractivity contribution is 9.10. The Labute approximate surface area is 232 Å². The zero-order valence-corrected chi connectivity index (χ0v) is 22.8. The van der Waals surface area contributed by atoms with Crippen molar-refractivity contribution < 1.29 is 19.2 Å². The lowest BCUT2D eigenvalue weighted by Gasteiger charge is -2.09. The van der Waals surface area contributed by atoms with Crippen LogP contribution in [0.1, 0.15) is 18.3 Å². The number of hydrogen-bond donors (Lipinski definition) is 1. The van der Waals surface area contributed by atoms with Crippen LogP contribution in [0.25, 0.3) is 0 Å². The Morgan fingerprint density at radius 3 is 2.47 bits per heavy atom. The minimum atomic E-state index is -0.573. The van der Waals surface area contributed by atoms with Crippen molar-refractivity contribution in [3.63, 3.8) is 0 Å². The highest BCUT2D eigenvalue weighted by atomic mass is 79.9. The first-order chi connectivity index (χ1) is 18.3. The maximum Gasteiger partial charge on any atom is 0.296 e. The van der Waals surface area contributed by atoms with Crippen LogP contribution in [-0.2, 0) is 24.5 Å². The molecule has 0 radical (unpaired) electrons. The van der Waals surface area contributed by atoms with E-state index in [9.17, 15) is 14.9 Å². The van der Waals surface area contributed by atoms with Crippen LogP contribution in [0, 0.1) is 14.9 Å². The highest BCUT2D eigenvalue weighted by Crippen LogP contribution is 2.29. The first-order valence-electron chi connectivity index (χ1n) is 11.6. The minimum Gasteiger partial charge on any atom is -0.494 e. The van der Waals surface area contributed by atoms with E-state index >= 15 is 0 Å². The maximum absolute atomic E-state index is 12.9. The molecular formula is C26H24BrN5O5S. The summed E-state index contributed by atoms with van der Waals surface area (Å²) in [6.07, 6.45) is 0. The van der Waals surface area contributed by atoms with Gasteiger partial charge in [0.05, 0.1) is 24.1 Å². The topological polar surface area (TPSA) is 113 Å². The van der Waals surface area contributed by atoms with Gasteiger partial charge in [0.25, 0.3) is 5.69 Å². The molecule has 1 amide bonds. The number of anilines is 1. The lowest BCUT2D eigenvalue weighted by Crippen LogP contribution is -2.20. The molecule has 0 saturated heterocycles. The Morgan fingerprint density at radius 1 is 1.08 bits per heavy atom. The fourth-order valence-corrected chi connectivity index (χ4v) is 4.19. The van der Waals surface area contributed by atoms with Crippen molar-refractivity contribution >= 4 is 45.4 Å². The number of nitrogens with zero attached hydrogens (tertiary/aromatic N) is 4. The standard InChI is InChI=1S/C26H24BrN5O5S/c1-2-36-21-12-13-22(23(14-21)32(34)35)28-25(33)16-31-26(38)30(15-18-6-4-3-5-7-18)24(29-31)17-37-20-10-8-19(27)9-11-20/h3-14H,2,15-17H2,1H3,(H,28,33). The summed E-state index contributed by atoms with van der Waals surface area (Å²) in [4.78, 5) is 23.9. The Balaban J connectivity index is 1.56. The monoisotopic (exact) mass is 597 g/mol. The van der Waals surface area contributed by atoms with E-state index in [1.165, 1.54) is 16.8 Å². The average Bonchev–Trinajstić information content (AvgIpc) is 3.19. The Hall–Kier alpha value is -4.03. The van der Waals surface area contributed by atoms with Gasteiger partial charge < -0.3 is 14.8 Å². The van der Waals surface area contributed by atoms with Gasteiger partial charge in [-0.1, -0.05) is 46.3 Å². The summed E-state index contributed by atoms with van der Waals surface area (Å²) in [6, 6.07) is 21.4. The molecule has 0 fully saturated rings. The minimum absolute atomic E-state index is 0.0532. The van der Waals surface area contributed by atoms with E-state index in [2.05, 4.69) is 26.3 Å². The molecule has 4 aromatic rings. The summed E-state index contributed by atoms with van der Waals surface area (Å²) < 4.78 is 15.7. The number of halogens is 1. The first kappa shape index (κ1) is 27.0. The lowest BCUT2D eigenvalue weighted by atomic mass is 10.2. The molecule has 0 unspecified atom stereocenters. The van der Waals surface area contributed by atoms with Crippen LogP contribution in [0.15, 0.2) is 77.3 Å². The van der Waals surface area contributed by atoms with E-state index < -0.39 is 10.8 Å². The number of nitro groups is 1. The molecule has 3 aromatic carbocycles. The number of benzene rings is 3. The fourth-order valence-electron chi connectivity index (χ4n) is 3.65. The van der Waals surface area contributed by atoms with E-state index in [0.29, 0.717) is 35.2 Å². The SMILES string of the molecule is CCOc1ccc(NC(=O)Cn2nc(COc3ccc(Br)cc3)n(Cc3ccccc3)c2=S)c([N+](=O)[O-])c1. The van der Waals surface area contributed by atoms with Crippen LogP contribution in [0.5, 0.6) is 11.5 Å².